The minimum absolute atomic E-state index is 0.0286. The van der Waals surface area contributed by atoms with Crippen LogP contribution < -0.4 is 27.4 Å². The molecule has 0 saturated heterocycles. The van der Waals surface area contributed by atoms with Crippen LogP contribution in [0.2, 0.25) is 0 Å². The van der Waals surface area contributed by atoms with Crippen molar-refractivity contribution in [2.24, 2.45) is 11.5 Å². The molecule has 3 heterocycles. The van der Waals surface area contributed by atoms with Crippen LogP contribution in [0, 0.1) is 0 Å². The summed E-state index contributed by atoms with van der Waals surface area (Å²) in [5.74, 6) is -4.19. The molecule has 0 spiro atoms. The summed E-state index contributed by atoms with van der Waals surface area (Å²) in [5, 5.41) is 19.4. The number of hydrogen-bond donors (Lipinski definition) is 9. The first-order valence-corrected chi connectivity index (χ1v) is 15.3. The fourth-order valence-electron chi connectivity index (χ4n) is 5.55. The van der Waals surface area contributed by atoms with E-state index < -0.39 is 53.8 Å². The van der Waals surface area contributed by atoms with Crippen molar-refractivity contribution in [1.82, 2.24) is 35.9 Å². The van der Waals surface area contributed by atoms with Crippen molar-refractivity contribution in [2.45, 2.75) is 56.3 Å². The first-order valence-electron chi connectivity index (χ1n) is 15.3. The number of carboxylic acid groups (broad SMARTS) is 1. The zero-order valence-electron chi connectivity index (χ0n) is 25.9. The van der Waals surface area contributed by atoms with Crippen LogP contribution in [0.3, 0.4) is 0 Å². The van der Waals surface area contributed by atoms with Gasteiger partial charge in [0.1, 0.15) is 18.1 Å². The van der Waals surface area contributed by atoms with Gasteiger partial charge in [0.2, 0.25) is 23.6 Å². The lowest BCUT2D eigenvalue weighted by atomic mass is 10.0. The average molecular weight is 656 g/mol. The predicted molar refractivity (Wildman–Crippen MR) is 176 cm³/mol. The number of nitrogens with two attached hydrogens (primary N) is 2. The monoisotopic (exact) mass is 655 g/mol. The highest BCUT2D eigenvalue weighted by Gasteiger charge is 2.31. The quantitative estimate of drug-likeness (QED) is 0.0723. The number of primary amides is 1. The highest BCUT2D eigenvalue weighted by molar-refractivity contribution is 5.95. The van der Waals surface area contributed by atoms with Gasteiger partial charge in [-0.25, -0.2) is 9.78 Å². The number of benzene rings is 2. The van der Waals surface area contributed by atoms with E-state index >= 15 is 0 Å². The number of imidazole rings is 1. The van der Waals surface area contributed by atoms with Gasteiger partial charge in [-0.15, -0.1) is 0 Å². The summed E-state index contributed by atoms with van der Waals surface area (Å²) in [7, 11) is 0. The van der Waals surface area contributed by atoms with E-state index in [9.17, 15) is 29.1 Å². The number of carbonyl (C=O) groups is 5. The number of nitrogens with one attached hydrogen (secondary N) is 6. The average Bonchev–Trinajstić information content (AvgIpc) is 3.83. The molecule has 0 aliphatic heterocycles. The van der Waals surface area contributed by atoms with Crippen LogP contribution in [0.15, 0.2) is 73.4 Å². The molecule has 5 rings (SSSR count). The van der Waals surface area contributed by atoms with Gasteiger partial charge in [-0.1, -0.05) is 36.4 Å². The minimum atomic E-state index is -1.35. The topological polar surface area (TPSA) is 254 Å². The zero-order chi connectivity index (χ0) is 34.2. The lowest BCUT2D eigenvalue weighted by Crippen LogP contribution is -2.58. The van der Waals surface area contributed by atoms with Crippen LogP contribution in [0.5, 0.6) is 0 Å². The molecule has 4 amide bonds. The third-order valence-electron chi connectivity index (χ3n) is 8.09. The Morgan fingerprint density at radius 2 is 1.27 bits per heavy atom. The molecule has 4 unspecified atom stereocenters. The molecule has 0 bridgehead atoms. The van der Waals surface area contributed by atoms with E-state index in [1.807, 2.05) is 48.5 Å². The highest BCUT2D eigenvalue weighted by atomic mass is 16.4. The largest absolute Gasteiger partial charge is 0.480 e. The molecule has 250 valence electrons. The third kappa shape index (κ3) is 8.24. The minimum Gasteiger partial charge on any atom is -0.480 e. The maximum Gasteiger partial charge on any atom is 0.326 e. The van der Waals surface area contributed by atoms with E-state index in [4.69, 9.17) is 11.5 Å². The molecule has 48 heavy (non-hydrogen) atoms. The van der Waals surface area contributed by atoms with Gasteiger partial charge in [-0.2, -0.15) is 0 Å². The molecule has 2 aromatic carbocycles. The fraction of sp³-hybridized carbons (Fsp3) is 0.273. The van der Waals surface area contributed by atoms with Gasteiger partial charge in [0.15, 0.2) is 0 Å². The number of rotatable bonds is 16. The summed E-state index contributed by atoms with van der Waals surface area (Å²) in [6.45, 7) is 0. The van der Waals surface area contributed by atoms with Gasteiger partial charge in [-0.05, 0) is 29.7 Å². The molecule has 0 aliphatic rings. The molecule has 11 N–H and O–H groups in total. The normalized spacial score (nSPS) is 13.8. The number of nitrogens with zero attached hydrogens (tertiary/aromatic N) is 1. The van der Waals surface area contributed by atoms with E-state index in [2.05, 4.69) is 35.9 Å². The molecule has 0 fully saturated rings. The van der Waals surface area contributed by atoms with Gasteiger partial charge in [-0.3, -0.25) is 19.2 Å². The number of fused-ring (bicyclic) bond motifs is 2. The second-order valence-electron chi connectivity index (χ2n) is 11.5. The van der Waals surface area contributed by atoms with Crippen molar-refractivity contribution in [1.29, 1.82) is 0 Å². The van der Waals surface area contributed by atoms with Crippen molar-refractivity contribution in [3.63, 3.8) is 0 Å². The number of carboxylic acids is 1. The Hall–Kier alpha value is -5.96. The maximum atomic E-state index is 13.9. The number of amides is 4. The molecule has 3 aromatic heterocycles. The lowest BCUT2D eigenvalue weighted by Gasteiger charge is -2.25. The van der Waals surface area contributed by atoms with E-state index in [1.54, 1.807) is 12.4 Å². The fourth-order valence-corrected chi connectivity index (χ4v) is 5.55. The zero-order valence-corrected chi connectivity index (χ0v) is 25.9. The number of para-hydroxylation sites is 2. The molecular weight excluding hydrogens is 618 g/mol. The molecule has 0 aliphatic carbocycles. The molecular formula is C33H37N9O6. The summed E-state index contributed by atoms with van der Waals surface area (Å²) in [6, 6.07) is 9.83. The summed E-state index contributed by atoms with van der Waals surface area (Å²) in [4.78, 5) is 77.6. The van der Waals surface area contributed by atoms with Crippen LogP contribution in [0.1, 0.15) is 29.7 Å². The van der Waals surface area contributed by atoms with Gasteiger partial charge in [0.05, 0.1) is 12.4 Å². The Morgan fingerprint density at radius 1 is 0.729 bits per heavy atom. The Morgan fingerprint density at radius 3 is 1.83 bits per heavy atom. The van der Waals surface area contributed by atoms with Crippen molar-refractivity contribution in [2.75, 3.05) is 0 Å². The highest BCUT2D eigenvalue weighted by Crippen LogP contribution is 2.21. The molecule has 15 nitrogen and oxygen atoms in total. The van der Waals surface area contributed by atoms with E-state index in [0.29, 0.717) is 11.3 Å². The van der Waals surface area contributed by atoms with Crippen LogP contribution in [-0.2, 0) is 43.2 Å². The lowest BCUT2D eigenvalue weighted by molar-refractivity contribution is -0.142. The van der Waals surface area contributed by atoms with Crippen molar-refractivity contribution in [3.05, 3.63) is 90.3 Å². The molecule has 15 heteroatoms. The maximum absolute atomic E-state index is 13.9. The van der Waals surface area contributed by atoms with E-state index in [0.717, 1.165) is 27.4 Å². The first-order chi connectivity index (χ1) is 23.1. The first kappa shape index (κ1) is 33.4. The second-order valence-corrected chi connectivity index (χ2v) is 11.5. The number of H-pyrrole nitrogens is 3. The smallest absolute Gasteiger partial charge is 0.326 e. The molecule has 5 aromatic rings. The van der Waals surface area contributed by atoms with Crippen LogP contribution in [0.4, 0.5) is 0 Å². The summed E-state index contributed by atoms with van der Waals surface area (Å²) in [5.41, 5.74) is 15.2. The summed E-state index contributed by atoms with van der Waals surface area (Å²) in [6.07, 6.45) is 6.02. The van der Waals surface area contributed by atoms with E-state index in [-0.39, 0.29) is 32.1 Å². The van der Waals surface area contributed by atoms with Crippen molar-refractivity contribution < 1.29 is 29.1 Å². The Balaban J connectivity index is 1.35. The molecule has 4 atom stereocenters. The van der Waals surface area contributed by atoms with Crippen molar-refractivity contribution >= 4 is 51.4 Å². The second kappa shape index (κ2) is 15.1. The number of aromatic amines is 3. The van der Waals surface area contributed by atoms with Crippen LogP contribution in [-0.4, -0.2) is 78.8 Å². The number of aromatic nitrogens is 4. The molecule has 0 radical (unpaired) electrons. The Kier molecular flexibility index (Phi) is 10.5. The summed E-state index contributed by atoms with van der Waals surface area (Å²) < 4.78 is 0. The van der Waals surface area contributed by atoms with Crippen LogP contribution in [0.25, 0.3) is 21.8 Å². The van der Waals surface area contributed by atoms with Gasteiger partial charge >= 0.3 is 5.97 Å². The van der Waals surface area contributed by atoms with Gasteiger partial charge in [0.25, 0.3) is 0 Å². The number of carbonyl (C=O) groups excluding carboxylic acids is 4. The van der Waals surface area contributed by atoms with Crippen molar-refractivity contribution in [3.8, 4) is 0 Å². The Bertz CT molecular complexity index is 1910. The number of hydrogen-bond acceptors (Lipinski definition) is 7. The van der Waals surface area contributed by atoms with Gasteiger partial charge in [0, 0.05) is 71.8 Å². The van der Waals surface area contributed by atoms with Gasteiger partial charge < -0.3 is 47.5 Å². The van der Waals surface area contributed by atoms with E-state index in [1.165, 1.54) is 12.5 Å². The summed E-state index contributed by atoms with van der Waals surface area (Å²) >= 11 is 0. The van der Waals surface area contributed by atoms with Crippen LogP contribution >= 0.6 is 0 Å². The Labute approximate surface area is 274 Å². The number of aliphatic carboxylic acids is 1. The standard InChI is InChI=1S/C33H37N9O6/c34-23(13-20-16-36-17-39-20)30(44)41-27(11-18-14-37-24-7-3-1-5-21(18)24)32(46)40-26(9-10-29(35)43)31(45)42-28(33(47)48)12-19-15-38-25-8-4-2-6-22(19)25/h1-8,14-17,23,26-28,37-38H,9-13,34H2,(H2,35,43)(H,36,39)(H,40,46)(H,41,44)(H,42,45)(H,47,48). The SMILES string of the molecule is NC(=O)CCC(NC(=O)C(Cc1c[nH]c2ccccc12)NC(=O)C(N)Cc1cnc[nH]1)C(=O)NC(Cc1c[nH]c2ccccc12)C(=O)O. The predicted octanol–water partition coefficient (Wildman–Crippen LogP) is 0.532. The third-order valence-corrected chi connectivity index (χ3v) is 8.09. The molecule has 0 saturated carbocycles.